The van der Waals surface area contributed by atoms with Crippen LogP contribution in [0.4, 0.5) is 5.69 Å². The molecular formula is C25H22N4O4S. The minimum Gasteiger partial charge on any atom is -0.489 e. The number of carbonyl (C=O) groups is 1. The molecule has 0 aliphatic heterocycles. The van der Waals surface area contributed by atoms with E-state index in [1.165, 1.54) is 36.7 Å². The number of carbonyl (C=O) groups excluding carboxylic acids is 1. The highest BCUT2D eigenvalue weighted by Crippen LogP contribution is 2.17. The van der Waals surface area contributed by atoms with Crippen LogP contribution < -0.4 is 14.8 Å². The van der Waals surface area contributed by atoms with Gasteiger partial charge in [-0.25, -0.2) is 8.42 Å². The van der Waals surface area contributed by atoms with Gasteiger partial charge in [0.1, 0.15) is 12.4 Å². The van der Waals surface area contributed by atoms with E-state index >= 15 is 0 Å². The van der Waals surface area contributed by atoms with Crippen molar-refractivity contribution in [3.63, 3.8) is 0 Å². The van der Waals surface area contributed by atoms with E-state index in [1.807, 2.05) is 36.4 Å². The maximum Gasteiger partial charge on any atom is 0.261 e. The second-order valence-electron chi connectivity index (χ2n) is 7.34. The van der Waals surface area contributed by atoms with Crippen molar-refractivity contribution in [2.75, 3.05) is 4.72 Å². The number of nitrogens with one attached hydrogen (secondary N) is 2. The summed E-state index contributed by atoms with van der Waals surface area (Å²) in [5.41, 5.74) is 2.65. The van der Waals surface area contributed by atoms with Crippen molar-refractivity contribution < 1.29 is 17.9 Å². The van der Waals surface area contributed by atoms with E-state index in [0.717, 1.165) is 16.9 Å². The Labute approximate surface area is 197 Å². The topological polar surface area (TPSA) is 110 Å². The lowest BCUT2D eigenvalue weighted by molar-refractivity contribution is 0.0951. The molecule has 4 rings (SSSR count). The summed E-state index contributed by atoms with van der Waals surface area (Å²) >= 11 is 0. The summed E-state index contributed by atoms with van der Waals surface area (Å²) in [6.07, 6.45) is 6.45. The van der Waals surface area contributed by atoms with Crippen LogP contribution >= 0.6 is 0 Å². The quantitative estimate of drug-likeness (QED) is 0.382. The van der Waals surface area contributed by atoms with Crippen molar-refractivity contribution in [3.8, 4) is 5.75 Å². The highest BCUT2D eigenvalue weighted by Gasteiger charge is 2.15. The zero-order chi connectivity index (χ0) is 23.8. The van der Waals surface area contributed by atoms with Crippen molar-refractivity contribution >= 4 is 21.6 Å². The zero-order valence-corrected chi connectivity index (χ0v) is 18.9. The zero-order valence-electron chi connectivity index (χ0n) is 18.1. The van der Waals surface area contributed by atoms with Crippen LogP contribution in [0.1, 0.15) is 21.5 Å². The van der Waals surface area contributed by atoms with Gasteiger partial charge in [0, 0.05) is 42.5 Å². The Morgan fingerprint density at radius 2 is 1.56 bits per heavy atom. The Morgan fingerprint density at radius 3 is 2.24 bits per heavy atom. The number of anilines is 1. The minimum absolute atomic E-state index is 0.0581. The molecule has 0 fully saturated rings. The Kier molecular flexibility index (Phi) is 7.14. The molecule has 1 amide bonds. The first kappa shape index (κ1) is 22.9. The van der Waals surface area contributed by atoms with Gasteiger partial charge in [0.05, 0.1) is 10.6 Å². The molecule has 2 aromatic carbocycles. The highest BCUT2D eigenvalue weighted by atomic mass is 32.2. The molecule has 0 saturated heterocycles. The Hall–Kier alpha value is -4.24. The predicted octanol–water partition coefficient (Wildman–Crippen LogP) is 3.79. The predicted molar refractivity (Wildman–Crippen MR) is 128 cm³/mol. The molecule has 0 spiro atoms. The molecule has 8 nitrogen and oxygen atoms in total. The molecule has 0 atom stereocenters. The molecule has 172 valence electrons. The lowest BCUT2D eigenvalue weighted by Gasteiger charge is -2.10. The number of rotatable bonds is 9. The molecule has 2 N–H and O–H groups in total. The lowest BCUT2D eigenvalue weighted by Crippen LogP contribution is -2.23. The number of benzene rings is 2. The summed E-state index contributed by atoms with van der Waals surface area (Å²) in [4.78, 5) is 20.5. The lowest BCUT2D eigenvalue weighted by atomic mass is 10.2. The molecule has 4 aromatic rings. The largest absolute Gasteiger partial charge is 0.489 e. The van der Waals surface area contributed by atoms with Gasteiger partial charge in [-0.1, -0.05) is 18.2 Å². The van der Waals surface area contributed by atoms with Gasteiger partial charge in [-0.3, -0.25) is 19.5 Å². The van der Waals surface area contributed by atoms with Gasteiger partial charge in [-0.2, -0.15) is 0 Å². The van der Waals surface area contributed by atoms with Crippen molar-refractivity contribution in [2.45, 2.75) is 18.0 Å². The monoisotopic (exact) mass is 474 g/mol. The first-order valence-electron chi connectivity index (χ1n) is 10.4. The number of aromatic nitrogens is 2. The van der Waals surface area contributed by atoms with Gasteiger partial charge >= 0.3 is 0 Å². The third-order valence-corrected chi connectivity index (χ3v) is 6.26. The summed E-state index contributed by atoms with van der Waals surface area (Å²) in [6, 6.07) is 20.1. The first-order valence-corrected chi connectivity index (χ1v) is 11.9. The third kappa shape index (κ3) is 6.17. The average Bonchev–Trinajstić information content (AvgIpc) is 2.88. The van der Waals surface area contributed by atoms with Gasteiger partial charge < -0.3 is 10.1 Å². The second-order valence-corrected chi connectivity index (χ2v) is 9.02. The maximum atomic E-state index is 12.5. The van der Waals surface area contributed by atoms with E-state index < -0.39 is 10.0 Å². The van der Waals surface area contributed by atoms with E-state index in [9.17, 15) is 13.2 Å². The van der Waals surface area contributed by atoms with E-state index in [4.69, 9.17) is 4.74 Å². The molecule has 34 heavy (non-hydrogen) atoms. The molecule has 9 heteroatoms. The normalized spacial score (nSPS) is 10.9. The molecule has 2 aromatic heterocycles. The van der Waals surface area contributed by atoms with Crippen LogP contribution in [0.3, 0.4) is 0 Å². The van der Waals surface area contributed by atoms with Crippen LogP contribution in [-0.4, -0.2) is 24.3 Å². The van der Waals surface area contributed by atoms with Crippen molar-refractivity contribution in [1.29, 1.82) is 0 Å². The number of sulfonamides is 1. The fraction of sp³-hybridized carbons (Fsp3) is 0.0800. The second kappa shape index (κ2) is 10.6. The number of pyridine rings is 2. The summed E-state index contributed by atoms with van der Waals surface area (Å²) < 4.78 is 33.2. The van der Waals surface area contributed by atoms with Gasteiger partial charge in [-0.05, 0) is 60.2 Å². The van der Waals surface area contributed by atoms with E-state index in [2.05, 4.69) is 20.0 Å². The SMILES string of the molecule is O=C(NCc1ccc(OCc2cccnc2)cc1)c1ccc(S(=O)(=O)Nc2ccncc2)cc1. The van der Waals surface area contributed by atoms with E-state index in [0.29, 0.717) is 24.4 Å². The van der Waals surface area contributed by atoms with Crippen LogP contribution in [0.2, 0.25) is 0 Å². The Morgan fingerprint density at radius 1 is 0.824 bits per heavy atom. The summed E-state index contributed by atoms with van der Waals surface area (Å²) in [7, 11) is -3.76. The average molecular weight is 475 g/mol. The fourth-order valence-electron chi connectivity index (χ4n) is 3.06. The number of nitrogens with zero attached hydrogens (tertiary/aromatic N) is 2. The smallest absolute Gasteiger partial charge is 0.261 e. The highest BCUT2D eigenvalue weighted by molar-refractivity contribution is 7.92. The van der Waals surface area contributed by atoms with E-state index in [-0.39, 0.29) is 10.8 Å². The van der Waals surface area contributed by atoms with Crippen LogP contribution in [0, 0.1) is 0 Å². The van der Waals surface area contributed by atoms with E-state index in [1.54, 1.807) is 24.5 Å². The molecule has 0 saturated carbocycles. The molecule has 0 aliphatic carbocycles. The standard InChI is InChI=1S/C25H22N4O4S/c30-25(21-5-9-24(10-6-21)34(31,32)29-22-11-14-26-15-12-22)28-17-19-3-7-23(8-4-19)33-18-20-2-1-13-27-16-20/h1-16H,17-18H2,(H,26,29)(H,28,30). The van der Waals surface area contributed by atoms with Crippen LogP contribution in [0.5, 0.6) is 5.75 Å². The molecule has 2 heterocycles. The maximum absolute atomic E-state index is 12.5. The number of hydrogen-bond acceptors (Lipinski definition) is 6. The van der Waals surface area contributed by atoms with Crippen molar-refractivity contribution in [3.05, 3.63) is 114 Å². The Bertz CT molecular complexity index is 1330. The van der Waals surface area contributed by atoms with Gasteiger partial charge in [0.15, 0.2) is 0 Å². The third-order valence-electron chi connectivity index (χ3n) is 4.86. The summed E-state index contributed by atoms with van der Waals surface area (Å²) in [5.74, 6) is 0.416. The molecule has 0 bridgehead atoms. The van der Waals surface area contributed by atoms with Gasteiger partial charge in [0.25, 0.3) is 15.9 Å². The van der Waals surface area contributed by atoms with Crippen molar-refractivity contribution in [1.82, 2.24) is 15.3 Å². The Balaban J connectivity index is 1.30. The number of hydrogen-bond donors (Lipinski definition) is 2. The van der Waals surface area contributed by atoms with Crippen LogP contribution in [0.15, 0.2) is 102 Å². The molecule has 0 unspecified atom stereocenters. The van der Waals surface area contributed by atoms with Gasteiger partial charge in [0.2, 0.25) is 0 Å². The molecule has 0 aliphatic rings. The molecular weight excluding hydrogens is 452 g/mol. The first-order chi connectivity index (χ1) is 16.5. The fourth-order valence-corrected chi connectivity index (χ4v) is 4.12. The molecule has 0 radical (unpaired) electrons. The van der Waals surface area contributed by atoms with Crippen LogP contribution in [0.25, 0.3) is 0 Å². The minimum atomic E-state index is -3.76. The summed E-state index contributed by atoms with van der Waals surface area (Å²) in [6.45, 7) is 0.749. The van der Waals surface area contributed by atoms with Crippen LogP contribution in [-0.2, 0) is 23.2 Å². The van der Waals surface area contributed by atoms with Gasteiger partial charge in [-0.15, -0.1) is 0 Å². The number of amides is 1. The number of ether oxygens (including phenoxy) is 1. The van der Waals surface area contributed by atoms with Crippen molar-refractivity contribution in [2.24, 2.45) is 0 Å². The summed E-state index contributed by atoms with van der Waals surface area (Å²) in [5, 5.41) is 2.83.